The molecule has 0 radical (unpaired) electrons. The predicted molar refractivity (Wildman–Crippen MR) is 72.5 cm³/mol. The van der Waals surface area contributed by atoms with E-state index in [1.165, 1.54) is 11.2 Å². The van der Waals surface area contributed by atoms with E-state index in [4.69, 9.17) is 4.42 Å². The van der Waals surface area contributed by atoms with E-state index in [0.29, 0.717) is 5.76 Å². The highest BCUT2D eigenvalue weighted by atomic mass is 32.2. The lowest BCUT2D eigenvalue weighted by Gasteiger charge is -2.26. The third-order valence-electron chi connectivity index (χ3n) is 2.58. The van der Waals surface area contributed by atoms with Crippen LogP contribution >= 0.6 is 0 Å². The Morgan fingerprint density at radius 3 is 2.63 bits per heavy atom. The van der Waals surface area contributed by atoms with Gasteiger partial charge < -0.3 is 14.6 Å². The Morgan fingerprint density at radius 1 is 1.47 bits per heavy atom. The minimum Gasteiger partial charge on any atom is -0.467 e. The summed E-state index contributed by atoms with van der Waals surface area (Å²) in [5.41, 5.74) is 0. The number of hydrogen-bond acceptors (Lipinski definition) is 4. The predicted octanol–water partition coefficient (Wildman–Crippen LogP) is 1.24. The average Bonchev–Trinajstić information content (AvgIpc) is 2.77. The molecule has 1 rings (SSSR count). The minimum atomic E-state index is -3.08. The zero-order valence-corrected chi connectivity index (χ0v) is 12.2. The van der Waals surface area contributed by atoms with Gasteiger partial charge in [0, 0.05) is 18.8 Å². The van der Waals surface area contributed by atoms with Crippen LogP contribution in [0.2, 0.25) is 0 Å². The van der Waals surface area contributed by atoms with Gasteiger partial charge in [0.25, 0.3) is 0 Å². The normalized spacial score (nSPS) is 11.6. The highest BCUT2D eigenvalue weighted by Crippen LogP contribution is 2.03. The van der Waals surface area contributed by atoms with Gasteiger partial charge in [-0.15, -0.1) is 0 Å². The Labute approximate surface area is 113 Å². The first kappa shape index (κ1) is 15.6. The molecular weight excluding hydrogens is 268 g/mol. The van der Waals surface area contributed by atoms with Gasteiger partial charge in [-0.05, 0) is 26.0 Å². The molecule has 0 atom stereocenters. The molecule has 0 aliphatic rings. The summed E-state index contributed by atoms with van der Waals surface area (Å²) in [5, 5.41) is 2.70. The fourth-order valence-electron chi connectivity index (χ4n) is 1.54. The Hall–Kier alpha value is -1.50. The topological polar surface area (TPSA) is 79.6 Å². The van der Waals surface area contributed by atoms with Gasteiger partial charge in [-0.2, -0.15) is 0 Å². The number of carbonyl (C=O) groups excluding carboxylic acids is 1. The van der Waals surface area contributed by atoms with Gasteiger partial charge in [0.05, 0.1) is 18.6 Å². The molecule has 0 unspecified atom stereocenters. The molecule has 1 N–H and O–H groups in total. The Kier molecular flexibility index (Phi) is 5.41. The third kappa shape index (κ3) is 5.78. The average molecular weight is 288 g/mol. The molecule has 19 heavy (non-hydrogen) atoms. The number of carbonyl (C=O) groups is 1. The Bertz CT molecular complexity index is 494. The van der Waals surface area contributed by atoms with Crippen LogP contribution in [0.3, 0.4) is 0 Å². The molecule has 6 nitrogen and oxygen atoms in total. The molecule has 1 heterocycles. The summed E-state index contributed by atoms with van der Waals surface area (Å²) < 4.78 is 27.4. The molecule has 7 heteroatoms. The van der Waals surface area contributed by atoms with Crippen LogP contribution < -0.4 is 5.32 Å². The van der Waals surface area contributed by atoms with Crippen molar-refractivity contribution in [2.45, 2.75) is 26.4 Å². The van der Waals surface area contributed by atoms with Crippen LogP contribution in [0.5, 0.6) is 0 Å². The highest BCUT2D eigenvalue weighted by Gasteiger charge is 2.18. The second-order valence-corrected chi connectivity index (χ2v) is 6.91. The zero-order valence-electron chi connectivity index (χ0n) is 11.4. The fourth-order valence-corrected chi connectivity index (χ4v) is 2.06. The van der Waals surface area contributed by atoms with Crippen LogP contribution in [-0.2, 0) is 16.4 Å². The molecule has 1 aromatic rings. The molecule has 0 aromatic carbocycles. The van der Waals surface area contributed by atoms with Crippen LogP contribution in [0.4, 0.5) is 4.79 Å². The molecule has 0 saturated carbocycles. The van der Waals surface area contributed by atoms with E-state index in [9.17, 15) is 13.2 Å². The number of furan rings is 1. The zero-order chi connectivity index (χ0) is 14.5. The summed E-state index contributed by atoms with van der Waals surface area (Å²) >= 11 is 0. The number of rotatable bonds is 6. The molecule has 0 saturated heterocycles. The van der Waals surface area contributed by atoms with Crippen LogP contribution in [0, 0.1) is 0 Å². The maximum absolute atomic E-state index is 12.0. The lowest BCUT2D eigenvalue weighted by Crippen LogP contribution is -2.45. The van der Waals surface area contributed by atoms with Gasteiger partial charge in [0.2, 0.25) is 0 Å². The van der Waals surface area contributed by atoms with Crippen LogP contribution in [-0.4, -0.2) is 43.9 Å². The van der Waals surface area contributed by atoms with E-state index < -0.39 is 9.84 Å². The van der Waals surface area contributed by atoms with Crippen molar-refractivity contribution >= 4 is 15.9 Å². The standard InChI is InChI=1S/C12H20N2O4S/c1-10(2)14(6-8-19(3,16)17)12(15)13-9-11-5-4-7-18-11/h4-5,7,10H,6,8-9H2,1-3H3,(H,13,15). The van der Waals surface area contributed by atoms with Crippen molar-refractivity contribution in [1.82, 2.24) is 10.2 Å². The summed E-state index contributed by atoms with van der Waals surface area (Å²) in [6.45, 7) is 4.15. The lowest BCUT2D eigenvalue weighted by molar-refractivity contribution is 0.186. The van der Waals surface area contributed by atoms with E-state index in [1.807, 2.05) is 13.8 Å². The first-order valence-corrected chi connectivity index (χ1v) is 8.10. The largest absolute Gasteiger partial charge is 0.467 e. The monoisotopic (exact) mass is 288 g/mol. The Balaban J connectivity index is 2.53. The SMILES string of the molecule is CC(C)N(CCS(C)(=O)=O)C(=O)NCc1ccco1. The van der Waals surface area contributed by atoms with Crippen molar-refractivity contribution < 1.29 is 17.6 Å². The summed E-state index contributed by atoms with van der Waals surface area (Å²) in [6.07, 6.45) is 2.69. The molecule has 1 aromatic heterocycles. The molecule has 108 valence electrons. The van der Waals surface area contributed by atoms with Gasteiger partial charge >= 0.3 is 6.03 Å². The van der Waals surface area contributed by atoms with E-state index in [0.717, 1.165) is 6.26 Å². The van der Waals surface area contributed by atoms with Crippen LogP contribution in [0.25, 0.3) is 0 Å². The number of sulfone groups is 1. The van der Waals surface area contributed by atoms with Gasteiger partial charge in [0.15, 0.2) is 0 Å². The van der Waals surface area contributed by atoms with Crippen LogP contribution in [0.1, 0.15) is 19.6 Å². The smallest absolute Gasteiger partial charge is 0.318 e. The van der Waals surface area contributed by atoms with Gasteiger partial charge in [-0.25, -0.2) is 13.2 Å². The molecule has 0 aliphatic heterocycles. The van der Waals surface area contributed by atoms with Crippen molar-refractivity contribution in [2.75, 3.05) is 18.6 Å². The maximum atomic E-state index is 12.0. The minimum absolute atomic E-state index is 0.0423. The Morgan fingerprint density at radius 2 is 2.16 bits per heavy atom. The molecule has 0 aliphatic carbocycles. The first-order chi connectivity index (χ1) is 8.79. The van der Waals surface area contributed by atoms with Gasteiger partial charge in [-0.1, -0.05) is 0 Å². The van der Waals surface area contributed by atoms with Crippen molar-refractivity contribution in [2.24, 2.45) is 0 Å². The summed E-state index contributed by atoms with van der Waals surface area (Å²) in [6, 6.07) is 3.13. The molecular formula is C12H20N2O4S. The van der Waals surface area contributed by atoms with Crippen molar-refractivity contribution in [3.05, 3.63) is 24.2 Å². The van der Waals surface area contributed by atoms with E-state index in [-0.39, 0.29) is 30.9 Å². The summed E-state index contributed by atoms with van der Waals surface area (Å²) in [4.78, 5) is 13.5. The molecule has 2 amide bonds. The number of urea groups is 1. The maximum Gasteiger partial charge on any atom is 0.318 e. The van der Waals surface area contributed by atoms with Crippen LogP contribution in [0.15, 0.2) is 22.8 Å². The van der Waals surface area contributed by atoms with Crippen molar-refractivity contribution in [1.29, 1.82) is 0 Å². The first-order valence-electron chi connectivity index (χ1n) is 6.04. The van der Waals surface area contributed by atoms with Gasteiger partial charge in [0.1, 0.15) is 15.6 Å². The van der Waals surface area contributed by atoms with Gasteiger partial charge in [-0.3, -0.25) is 0 Å². The number of nitrogens with one attached hydrogen (secondary N) is 1. The summed E-state index contributed by atoms with van der Waals surface area (Å²) in [5.74, 6) is 0.611. The second kappa shape index (κ2) is 6.60. The fraction of sp³-hybridized carbons (Fsp3) is 0.583. The van der Waals surface area contributed by atoms with E-state index in [1.54, 1.807) is 12.1 Å². The number of hydrogen-bond donors (Lipinski definition) is 1. The second-order valence-electron chi connectivity index (χ2n) is 4.66. The van der Waals surface area contributed by atoms with Crippen molar-refractivity contribution in [3.8, 4) is 0 Å². The quantitative estimate of drug-likeness (QED) is 0.854. The highest BCUT2D eigenvalue weighted by molar-refractivity contribution is 7.90. The van der Waals surface area contributed by atoms with E-state index >= 15 is 0 Å². The summed E-state index contributed by atoms with van der Waals surface area (Å²) in [7, 11) is -3.08. The molecule has 0 bridgehead atoms. The van der Waals surface area contributed by atoms with E-state index in [2.05, 4.69) is 5.32 Å². The lowest BCUT2D eigenvalue weighted by atomic mass is 10.3. The number of nitrogens with zero attached hydrogens (tertiary/aromatic N) is 1. The van der Waals surface area contributed by atoms with Crippen molar-refractivity contribution in [3.63, 3.8) is 0 Å². The molecule has 0 fully saturated rings. The number of amides is 2. The third-order valence-corrected chi connectivity index (χ3v) is 3.51. The molecule has 0 spiro atoms.